The molecular formula is C14H15FN2O. The summed E-state index contributed by atoms with van der Waals surface area (Å²) in [6, 6.07) is 6.74. The van der Waals surface area contributed by atoms with E-state index >= 15 is 0 Å². The van der Waals surface area contributed by atoms with Crippen molar-refractivity contribution in [1.82, 2.24) is 10.5 Å². The van der Waals surface area contributed by atoms with Gasteiger partial charge in [-0.15, -0.1) is 0 Å². The molecule has 0 amide bonds. The molecule has 1 saturated heterocycles. The molecule has 1 aliphatic rings. The van der Waals surface area contributed by atoms with Crippen LogP contribution in [0.3, 0.4) is 0 Å². The lowest BCUT2D eigenvalue weighted by molar-refractivity contribution is 0.364. The van der Waals surface area contributed by atoms with Crippen LogP contribution < -0.4 is 5.32 Å². The Kier molecular flexibility index (Phi) is 3.11. The second kappa shape index (κ2) is 4.90. The molecule has 0 aliphatic carbocycles. The summed E-state index contributed by atoms with van der Waals surface area (Å²) >= 11 is 0. The van der Waals surface area contributed by atoms with Crippen molar-refractivity contribution in [3.8, 4) is 11.1 Å². The quantitative estimate of drug-likeness (QED) is 0.904. The Morgan fingerprint density at radius 2 is 2.22 bits per heavy atom. The first-order valence-corrected chi connectivity index (χ1v) is 6.24. The summed E-state index contributed by atoms with van der Waals surface area (Å²) in [7, 11) is 0. The van der Waals surface area contributed by atoms with E-state index in [1.54, 1.807) is 18.3 Å². The molecule has 0 spiro atoms. The lowest BCUT2D eigenvalue weighted by Gasteiger charge is -2.07. The SMILES string of the molecule is Fc1ccccc1-c1cnoc1CC1CCNC1. The molecule has 2 aromatic rings. The second-order valence-corrected chi connectivity index (χ2v) is 4.71. The number of halogens is 1. The topological polar surface area (TPSA) is 38.1 Å². The van der Waals surface area contributed by atoms with Crippen LogP contribution >= 0.6 is 0 Å². The molecule has 94 valence electrons. The molecule has 0 radical (unpaired) electrons. The number of benzene rings is 1. The predicted molar refractivity (Wildman–Crippen MR) is 66.6 cm³/mol. The summed E-state index contributed by atoms with van der Waals surface area (Å²) in [5.41, 5.74) is 1.35. The van der Waals surface area contributed by atoms with Crippen LogP contribution in [0.15, 0.2) is 35.0 Å². The summed E-state index contributed by atoms with van der Waals surface area (Å²) in [6.07, 6.45) is 3.56. The molecular weight excluding hydrogens is 231 g/mol. The zero-order valence-electron chi connectivity index (χ0n) is 10.0. The van der Waals surface area contributed by atoms with Crippen LogP contribution in [-0.4, -0.2) is 18.2 Å². The Balaban J connectivity index is 1.89. The van der Waals surface area contributed by atoms with E-state index in [0.29, 0.717) is 11.5 Å². The number of aromatic nitrogens is 1. The maximum absolute atomic E-state index is 13.8. The van der Waals surface area contributed by atoms with Crippen LogP contribution in [-0.2, 0) is 6.42 Å². The van der Waals surface area contributed by atoms with Crippen molar-refractivity contribution in [3.05, 3.63) is 42.0 Å². The highest BCUT2D eigenvalue weighted by Crippen LogP contribution is 2.28. The lowest BCUT2D eigenvalue weighted by atomic mass is 9.98. The minimum atomic E-state index is -0.230. The highest BCUT2D eigenvalue weighted by molar-refractivity contribution is 5.65. The summed E-state index contributed by atoms with van der Waals surface area (Å²) in [6.45, 7) is 2.05. The van der Waals surface area contributed by atoms with Crippen molar-refractivity contribution < 1.29 is 8.91 Å². The van der Waals surface area contributed by atoms with E-state index in [4.69, 9.17) is 4.52 Å². The van der Waals surface area contributed by atoms with Crippen molar-refractivity contribution in [2.45, 2.75) is 12.8 Å². The molecule has 18 heavy (non-hydrogen) atoms. The van der Waals surface area contributed by atoms with Gasteiger partial charge in [-0.2, -0.15) is 0 Å². The molecule has 1 aliphatic heterocycles. The lowest BCUT2D eigenvalue weighted by Crippen LogP contribution is -2.10. The highest BCUT2D eigenvalue weighted by Gasteiger charge is 2.20. The smallest absolute Gasteiger partial charge is 0.144 e. The van der Waals surface area contributed by atoms with E-state index in [9.17, 15) is 4.39 Å². The van der Waals surface area contributed by atoms with Crippen molar-refractivity contribution in [2.24, 2.45) is 5.92 Å². The van der Waals surface area contributed by atoms with Crippen molar-refractivity contribution >= 4 is 0 Å². The largest absolute Gasteiger partial charge is 0.361 e. The van der Waals surface area contributed by atoms with E-state index in [2.05, 4.69) is 10.5 Å². The Labute approximate surface area is 105 Å². The fourth-order valence-electron chi connectivity index (χ4n) is 2.46. The van der Waals surface area contributed by atoms with Gasteiger partial charge >= 0.3 is 0 Å². The average Bonchev–Trinajstić information content (AvgIpc) is 3.02. The Bertz CT molecular complexity index is 532. The highest BCUT2D eigenvalue weighted by atomic mass is 19.1. The number of nitrogens with one attached hydrogen (secondary N) is 1. The molecule has 1 aromatic heterocycles. The molecule has 0 saturated carbocycles. The zero-order valence-corrected chi connectivity index (χ0v) is 10.0. The van der Waals surface area contributed by atoms with Gasteiger partial charge in [0.1, 0.15) is 11.6 Å². The van der Waals surface area contributed by atoms with Crippen LogP contribution in [0.2, 0.25) is 0 Å². The minimum absolute atomic E-state index is 0.230. The number of hydrogen-bond acceptors (Lipinski definition) is 3. The van der Waals surface area contributed by atoms with Gasteiger partial charge in [0.2, 0.25) is 0 Å². The van der Waals surface area contributed by atoms with E-state index in [1.165, 1.54) is 6.07 Å². The molecule has 0 bridgehead atoms. The molecule has 3 rings (SSSR count). The minimum Gasteiger partial charge on any atom is -0.361 e. The van der Waals surface area contributed by atoms with Gasteiger partial charge in [-0.05, 0) is 31.5 Å². The van der Waals surface area contributed by atoms with Crippen LogP contribution in [0.4, 0.5) is 4.39 Å². The maximum Gasteiger partial charge on any atom is 0.144 e. The third-order valence-corrected chi connectivity index (χ3v) is 3.45. The van der Waals surface area contributed by atoms with Gasteiger partial charge < -0.3 is 9.84 Å². The van der Waals surface area contributed by atoms with E-state index in [1.807, 2.05) is 6.07 Å². The first-order valence-electron chi connectivity index (χ1n) is 6.24. The van der Waals surface area contributed by atoms with Crippen LogP contribution in [0.5, 0.6) is 0 Å². The third-order valence-electron chi connectivity index (χ3n) is 3.45. The third kappa shape index (κ3) is 2.16. The number of hydrogen-bond donors (Lipinski definition) is 1. The maximum atomic E-state index is 13.8. The molecule has 4 heteroatoms. The molecule has 1 N–H and O–H groups in total. The van der Waals surface area contributed by atoms with Crippen LogP contribution in [0.25, 0.3) is 11.1 Å². The first kappa shape index (κ1) is 11.4. The standard InChI is InChI=1S/C14H15FN2O/c15-13-4-2-1-3-11(13)12-9-17-18-14(12)7-10-5-6-16-8-10/h1-4,9-10,16H,5-8H2. The average molecular weight is 246 g/mol. The Morgan fingerprint density at radius 3 is 3.00 bits per heavy atom. The molecule has 3 nitrogen and oxygen atoms in total. The van der Waals surface area contributed by atoms with Gasteiger partial charge in [-0.3, -0.25) is 0 Å². The summed E-state index contributed by atoms with van der Waals surface area (Å²) < 4.78 is 19.1. The van der Waals surface area contributed by atoms with Crippen molar-refractivity contribution in [2.75, 3.05) is 13.1 Å². The van der Waals surface area contributed by atoms with Gasteiger partial charge in [0.15, 0.2) is 0 Å². The number of rotatable bonds is 3. The molecule has 1 aromatic carbocycles. The zero-order chi connectivity index (χ0) is 12.4. The normalized spacial score (nSPS) is 19.3. The van der Waals surface area contributed by atoms with E-state index in [-0.39, 0.29) is 5.82 Å². The molecule has 1 atom stereocenters. The van der Waals surface area contributed by atoms with Gasteiger partial charge in [-0.25, -0.2) is 4.39 Å². The second-order valence-electron chi connectivity index (χ2n) is 4.71. The van der Waals surface area contributed by atoms with Gasteiger partial charge in [-0.1, -0.05) is 23.4 Å². The van der Waals surface area contributed by atoms with E-state index in [0.717, 1.165) is 37.3 Å². The van der Waals surface area contributed by atoms with Crippen molar-refractivity contribution in [1.29, 1.82) is 0 Å². The van der Waals surface area contributed by atoms with Gasteiger partial charge in [0.25, 0.3) is 0 Å². The fraction of sp³-hybridized carbons (Fsp3) is 0.357. The monoisotopic (exact) mass is 246 g/mol. The number of nitrogens with zero attached hydrogens (tertiary/aromatic N) is 1. The van der Waals surface area contributed by atoms with Crippen molar-refractivity contribution in [3.63, 3.8) is 0 Å². The van der Waals surface area contributed by atoms with Crippen LogP contribution in [0.1, 0.15) is 12.2 Å². The van der Waals surface area contributed by atoms with Gasteiger partial charge in [0, 0.05) is 17.5 Å². The predicted octanol–water partition coefficient (Wildman–Crippen LogP) is 2.63. The summed E-state index contributed by atoms with van der Waals surface area (Å²) in [4.78, 5) is 0. The Morgan fingerprint density at radius 1 is 1.33 bits per heavy atom. The summed E-state index contributed by atoms with van der Waals surface area (Å²) in [5, 5.41) is 7.14. The molecule has 1 fully saturated rings. The molecule has 1 unspecified atom stereocenters. The fourth-order valence-corrected chi connectivity index (χ4v) is 2.46. The first-order chi connectivity index (χ1) is 8.84. The van der Waals surface area contributed by atoms with E-state index < -0.39 is 0 Å². The summed E-state index contributed by atoms with van der Waals surface area (Å²) in [5.74, 6) is 1.11. The molecule has 2 heterocycles. The van der Waals surface area contributed by atoms with Crippen LogP contribution in [0, 0.1) is 11.7 Å². The van der Waals surface area contributed by atoms with Gasteiger partial charge in [0.05, 0.1) is 6.20 Å². The Hall–Kier alpha value is -1.68.